The van der Waals surface area contributed by atoms with Crippen molar-refractivity contribution in [3.05, 3.63) is 51.4 Å². The highest BCUT2D eigenvalue weighted by molar-refractivity contribution is 5.92. The number of carbonyl (C=O) groups excluding carboxylic acids is 3. The van der Waals surface area contributed by atoms with Crippen LogP contribution in [-0.2, 0) is 19.1 Å². The van der Waals surface area contributed by atoms with Crippen LogP contribution in [0.2, 0.25) is 0 Å². The van der Waals surface area contributed by atoms with Gasteiger partial charge in [0, 0.05) is 18.5 Å². The number of hydrogen-bond donors (Lipinski definition) is 3. The molecular formula is C20H22N2O9. The first-order chi connectivity index (χ1) is 14.7. The topological polar surface area (TPSA) is 167 Å². The molecule has 166 valence electrons. The van der Waals surface area contributed by atoms with Crippen molar-refractivity contribution in [2.75, 3.05) is 27.9 Å². The molecule has 1 aromatic carbocycles. The second-order valence-corrected chi connectivity index (χ2v) is 6.28. The number of pyridine rings is 1. The van der Waals surface area contributed by atoms with Crippen LogP contribution in [0.5, 0.6) is 17.2 Å². The fourth-order valence-corrected chi connectivity index (χ4v) is 2.93. The summed E-state index contributed by atoms with van der Waals surface area (Å²) in [7, 11) is 3.70. The Labute approximate surface area is 176 Å². The number of primary amides is 1. The molecule has 0 saturated heterocycles. The molecule has 1 heterocycles. The Kier molecular flexibility index (Phi) is 7.61. The number of amides is 1. The van der Waals surface area contributed by atoms with Crippen molar-refractivity contribution in [3.8, 4) is 17.2 Å². The van der Waals surface area contributed by atoms with Crippen molar-refractivity contribution in [1.82, 2.24) is 4.98 Å². The summed E-state index contributed by atoms with van der Waals surface area (Å²) in [4.78, 5) is 49.9. The first-order valence-electron chi connectivity index (χ1n) is 8.92. The lowest BCUT2D eigenvalue weighted by Gasteiger charge is -2.19. The number of aromatic hydroxyl groups is 1. The van der Waals surface area contributed by atoms with Crippen LogP contribution >= 0.6 is 0 Å². The summed E-state index contributed by atoms with van der Waals surface area (Å²) in [5.74, 6) is -3.58. The molecule has 0 radical (unpaired) electrons. The van der Waals surface area contributed by atoms with Gasteiger partial charge in [-0.15, -0.1) is 0 Å². The summed E-state index contributed by atoms with van der Waals surface area (Å²) in [5, 5.41) is 10.6. The van der Waals surface area contributed by atoms with Crippen LogP contribution in [0.1, 0.15) is 33.8 Å². The van der Waals surface area contributed by atoms with Crippen molar-refractivity contribution in [2.24, 2.45) is 5.73 Å². The molecule has 0 spiro atoms. The molecule has 0 bridgehead atoms. The van der Waals surface area contributed by atoms with Gasteiger partial charge in [-0.25, -0.2) is 9.59 Å². The molecule has 0 aliphatic heterocycles. The Bertz CT molecular complexity index is 1050. The molecule has 31 heavy (non-hydrogen) atoms. The van der Waals surface area contributed by atoms with E-state index >= 15 is 0 Å². The number of aromatic amines is 1. The number of rotatable bonds is 9. The second kappa shape index (κ2) is 10.1. The highest BCUT2D eigenvalue weighted by atomic mass is 16.6. The van der Waals surface area contributed by atoms with Crippen LogP contribution in [0.4, 0.5) is 0 Å². The van der Waals surface area contributed by atoms with E-state index in [1.54, 1.807) is 0 Å². The number of hydrogen-bond acceptors (Lipinski definition) is 9. The minimum atomic E-state index is -1.04. The van der Waals surface area contributed by atoms with Crippen molar-refractivity contribution >= 4 is 17.8 Å². The molecule has 4 N–H and O–H groups in total. The van der Waals surface area contributed by atoms with Gasteiger partial charge in [0.1, 0.15) is 11.3 Å². The zero-order valence-electron chi connectivity index (χ0n) is 17.1. The molecule has 1 amide bonds. The van der Waals surface area contributed by atoms with E-state index in [1.165, 1.54) is 32.4 Å². The molecule has 0 aliphatic carbocycles. The number of ether oxygens (including phenoxy) is 4. The van der Waals surface area contributed by atoms with Gasteiger partial charge in [0.05, 0.1) is 26.9 Å². The normalized spacial score (nSPS) is 11.3. The fraction of sp³-hybridized carbons (Fsp3) is 0.300. The molecule has 0 saturated carbocycles. The lowest BCUT2D eigenvalue weighted by atomic mass is 9.87. The Morgan fingerprint density at radius 1 is 1.13 bits per heavy atom. The summed E-state index contributed by atoms with van der Waals surface area (Å²) in [6, 6.07) is 4.45. The highest BCUT2D eigenvalue weighted by Gasteiger charge is 2.28. The maximum absolute atomic E-state index is 12.5. The first kappa shape index (κ1) is 23.3. The number of methoxy groups -OCH3 is 3. The fourth-order valence-electron chi connectivity index (χ4n) is 2.93. The SMILES string of the molecule is COC(=O)COc1cc(C(CC(N)=O)c2c(O)c(C(=O)OC)c[nH]c2=O)ccc1OC. The number of H-pyrrole nitrogens is 1. The van der Waals surface area contributed by atoms with Gasteiger partial charge >= 0.3 is 11.9 Å². The quantitative estimate of drug-likeness (QED) is 0.474. The first-order valence-corrected chi connectivity index (χ1v) is 8.92. The molecule has 1 unspecified atom stereocenters. The Balaban J connectivity index is 2.63. The Morgan fingerprint density at radius 2 is 1.84 bits per heavy atom. The third-order valence-electron chi connectivity index (χ3n) is 4.42. The second-order valence-electron chi connectivity index (χ2n) is 6.28. The minimum absolute atomic E-state index is 0.125. The minimum Gasteiger partial charge on any atom is -0.506 e. The van der Waals surface area contributed by atoms with E-state index in [1.807, 2.05) is 0 Å². The van der Waals surface area contributed by atoms with E-state index < -0.39 is 41.7 Å². The summed E-state index contributed by atoms with van der Waals surface area (Å²) >= 11 is 0. The van der Waals surface area contributed by atoms with Gasteiger partial charge in [0.15, 0.2) is 18.1 Å². The third kappa shape index (κ3) is 5.32. The van der Waals surface area contributed by atoms with E-state index in [0.29, 0.717) is 5.56 Å². The number of benzene rings is 1. The van der Waals surface area contributed by atoms with Crippen LogP contribution in [0.15, 0.2) is 29.2 Å². The number of esters is 2. The average Bonchev–Trinajstić information content (AvgIpc) is 2.75. The zero-order valence-corrected chi connectivity index (χ0v) is 17.1. The molecule has 11 heteroatoms. The van der Waals surface area contributed by atoms with Crippen LogP contribution in [0.25, 0.3) is 0 Å². The molecule has 2 aromatic rings. The zero-order chi connectivity index (χ0) is 23.1. The molecule has 0 fully saturated rings. The molecule has 2 rings (SSSR count). The Hall–Kier alpha value is -4.02. The largest absolute Gasteiger partial charge is 0.506 e. The van der Waals surface area contributed by atoms with E-state index in [9.17, 15) is 24.3 Å². The number of nitrogens with one attached hydrogen (secondary N) is 1. The van der Waals surface area contributed by atoms with Crippen molar-refractivity contribution in [1.29, 1.82) is 0 Å². The van der Waals surface area contributed by atoms with E-state index in [4.69, 9.17) is 15.2 Å². The van der Waals surface area contributed by atoms with Crippen LogP contribution < -0.4 is 20.8 Å². The van der Waals surface area contributed by atoms with Crippen molar-refractivity contribution in [3.63, 3.8) is 0 Å². The monoisotopic (exact) mass is 434 g/mol. The van der Waals surface area contributed by atoms with E-state index in [0.717, 1.165) is 13.3 Å². The standard InChI is InChI=1S/C20H22N2O9/c1-28-13-5-4-10(6-14(13)31-9-16(24)29-2)11(7-15(21)23)17-18(25)12(20(27)30-3)8-22-19(17)26/h4-6,8,11H,7,9H2,1-3H3,(H2,21,23)(H2,22,25,26). The summed E-state index contributed by atoms with van der Waals surface area (Å²) < 4.78 is 19.7. The van der Waals surface area contributed by atoms with Gasteiger partial charge in [-0.2, -0.15) is 0 Å². The van der Waals surface area contributed by atoms with Gasteiger partial charge < -0.3 is 34.8 Å². The number of carbonyl (C=O) groups is 3. The molecule has 1 atom stereocenters. The van der Waals surface area contributed by atoms with Crippen LogP contribution in [0.3, 0.4) is 0 Å². The van der Waals surface area contributed by atoms with E-state index in [-0.39, 0.29) is 29.0 Å². The Morgan fingerprint density at radius 3 is 2.42 bits per heavy atom. The van der Waals surface area contributed by atoms with Crippen LogP contribution in [0, 0.1) is 0 Å². The predicted molar refractivity (Wildman–Crippen MR) is 106 cm³/mol. The molecule has 1 aromatic heterocycles. The third-order valence-corrected chi connectivity index (χ3v) is 4.42. The summed E-state index contributed by atoms with van der Waals surface area (Å²) in [6.45, 7) is -0.416. The number of aromatic nitrogens is 1. The van der Waals surface area contributed by atoms with E-state index in [2.05, 4.69) is 14.5 Å². The summed E-state index contributed by atoms with van der Waals surface area (Å²) in [6.07, 6.45) is 0.636. The maximum Gasteiger partial charge on any atom is 0.343 e. The molecule has 0 aliphatic rings. The average molecular weight is 434 g/mol. The van der Waals surface area contributed by atoms with Gasteiger partial charge in [0.2, 0.25) is 5.91 Å². The summed E-state index contributed by atoms with van der Waals surface area (Å²) in [5.41, 5.74) is 4.42. The lowest BCUT2D eigenvalue weighted by Crippen LogP contribution is -2.24. The lowest BCUT2D eigenvalue weighted by molar-refractivity contribution is -0.142. The van der Waals surface area contributed by atoms with Crippen LogP contribution in [-0.4, -0.2) is 55.9 Å². The van der Waals surface area contributed by atoms with Gasteiger partial charge in [-0.3, -0.25) is 9.59 Å². The number of nitrogens with two attached hydrogens (primary N) is 1. The molecule has 11 nitrogen and oxygen atoms in total. The smallest absolute Gasteiger partial charge is 0.343 e. The van der Waals surface area contributed by atoms with Crippen molar-refractivity contribution in [2.45, 2.75) is 12.3 Å². The highest BCUT2D eigenvalue weighted by Crippen LogP contribution is 2.37. The van der Waals surface area contributed by atoms with Gasteiger partial charge in [0.25, 0.3) is 5.56 Å². The van der Waals surface area contributed by atoms with Gasteiger partial charge in [-0.1, -0.05) is 6.07 Å². The van der Waals surface area contributed by atoms with Gasteiger partial charge in [-0.05, 0) is 17.7 Å². The predicted octanol–water partition coefficient (Wildman–Crippen LogP) is 0.435. The maximum atomic E-state index is 12.5. The molecular weight excluding hydrogens is 412 g/mol. The van der Waals surface area contributed by atoms with Crippen molar-refractivity contribution < 1.29 is 38.4 Å².